The van der Waals surface area contributed by atoms with Crippen LogP contribution in [0.3, 0.4) is 0 Å². The van der Waals surface area contributed by atoms with Gasteiger partial charge in [0, 0.05) is 11.1 Å². The SMILES string of the molecule is OCc1cc(C2CCCC2)cc(SSc2cc(C3CCCC3)cc(CO)c2O)c1O. The largest absolute Gasteiger partial charge is 0.506 e. The number of aliphatic hydroxyl groups excluding tert-OH is 2. The van der Waals surface area contributed by atoms with Crippen molar-refractivity contribution < 1.29 is 20.4 Å². The summed E-state index contributed by atoms with van der Waals surface area (Å²) in [7, 11) is 2.80. The van der Waals surface area contributed by atoms with Crippen LogP contribution in [0.2, 0.25) is 0 Å². The van der Waals surface area contributed by atoms with E-state index in [0.29, 0.717) is 32.8 Å². The van der Waals surface area contributed by atoms with Crippen LogP contribution in [0.15, 0.2) is 34.1 Å². The molecule has 2 aliphatic rings. The van der Waals surface area contributed by atoms with E-state index in [-0.39, 0.29) is 24.7 Å². The Bertz CT molecular complexity index is 814. The summed E-state index contributed by atoms with van der Waals surface area (Å²) in [5.74, 6) is 1.21. The van der Waals surface area contributed by atoms with Crippen molar-refractivity contribution in [2.75, 3.05) is 0 Å². The molecule has 0 heterocycles. The maximum atomic E-state index is 10.6. The second kappa shape index (κ2) is 9.86. The smallest absolute Gasteiger partial charge is 0.135 e. The summed E-state index contributed by atoms with van der Waals surface area (Å²) in [5, 5.41) is 40.7. The van der Waals surface area contributed by atoms with Crippen molar-refractivity contribution in [3.63, 3.8) is 0 Å². The molecule has 4 N–H and O–H groups in total. The lowest BCUT2D eigenvalue weighted by Gasteiger charge is -2.17. The van der Waals surface area contributed by atoms with Crippen molar-refractivity contribution in [2.24, 2.45) is 0 Å². The van der Waals surface area contributed by atoms with Crippen LogP contribution in [0.25, 0.3) is 0 Å². The van der Waals surface area contributed by atoms with Crippen molar-refractivity contribution in [3.8, 4) is 11.5 Å². The lowest BCUT2D eigenvalue weighted by atomic mass is 9.95. The molecule has 2 aromatic carbocycles. The summed E-state index contributed by atoms with van der Waals surface area (Å²) in [5.41, 5.74) is 3.47. The first-order valence-corrected chi connectivity index (χ1v) is 13.0. The number of hydrogen-bond donors (Lipinski definition) is 4. The molecule has 2 aliphatic carbocycles. The van der Waals surface area contributed by atoms with Crippen LogP contribution in [-0.2, 0) is 13.2 Å². The van der Waals surface area contributed by atoms with Crippen LogP contribution < -0.4 is 0 Å². The standard InChI is InChI=1S/C24H30O4S2/c25-13-19-9-17(15-5-1-2-6-15)11-21(23(19)27)29-30-22-12-18(16-7-3-4-8-16)10-20(14-26)24(22)28/h9-12,15-16,25-28H,1-8,13-14H2. The van der Waals surface area contributed by atoms with Gasteiger partial charge in [-0.05, 0) is 94.5 Å². The molecular weight excluding hydrogens is 416 g/mol. The van der Waals surface area contributed by atoms with E-state index in [1.807, 2.05) is 24.3 Å². The highest BCUT2D eigenvalue weighted by atomic mass is 33.1. The number of hydrogen-bond acceptors (Lipinski definition) is 6. The Kier molecular flexibility index (Phi) is 7.19. The summed E-state index contributed by atoms with van der Waals surface area (Å²) < 4.78 is 0. The normalized spacial score (nSPS) is 17.8. The molecule has 0 spiro atoms. The fraction of sp³-hybridized carbons (Fsp3) is 0.500. The summed E-state index contributed by atoms with van der Waals surface area (Å²) >= 11 is 0. The molecule has 0 unspecified atom stereocenters. The van der Waals surface area contributed by atoms with Gasteiger partial charge in [0.1, 0.15) is 11.5 Å². The molecule has 0 atom stereocenters. The van der Waals surface area contributed by atoms with Gasteiger partial charge in [0.2, 0.25) is 0 Å². The van der Waals surface area contributed by atoms with E-state index in [0.717, 1.165) is 25.7 Å². The third-order valence-corrected chi connectivity index (χ3v) is 8.96. The van der Waals surface area contributed by atoms with Crippen molar-refractivity contribution >= 4 is 21.6 Å². The van der Waals surface area contributed by atoms with Crippen molar-refractivity contribution in [2.45, 2.75) is 86.2 Å². The molecule has 2 aromatic rings. The zero-order valence-corrected chi connectivity index (χ0v) is 18.8. The zero-order chi connectivity index (χ0) is 21.1. The molecule has 2 saturated carbocycles. The molecule has 0 saturated heterocycles. The van der Waals surface area contributed by atoms with Gasteiger partial charge < -0.3 is 20.4 Å². The van der Waals surface area contributed by atoms with Gasteiger partial charge in [0.25, 0.3) is 0 Å². The lowest BCUT2D eigenvalue weighted by molar-refractivity contribution is 0.274. The van der Waals surface area contributed by atoms with Gasteiger partial charge in [-0.15, -0.1) is 0 Å². The molecule has 4 rings (SSSR count). The van der Waals surface area contributed by atoms with Crippen LogP contribution in [0, 0.1) is 0 Å². The molecule has 0 aromatic heterocycles. The van der Waals surface area contributed by atoms with Gasteiger partial charge in [-0.25, -0.2) is 0 Å². The van der Waals surface area contributed by atoms with E-state index >= 15 is 0 Å². The second-order valence-electron chi connectivity index (χ2n) is 8.50. The highest BCUT2D eigenvalue weighted by Gasteiger charge is 2.23. The Hall–Kier alpha value is -1.34. The van der Waals surface area contributed by atoms with Crippen molar-refractivity contribution in [1.82, 2.24) is 0 Å². The van der Waals surface area contributed by atoms with Crippen LogP contribution in [0.5, 0.6) is 11.5 Å². The maximum absolute atomic E-state index is 10.6. The molecule has 6 heteroatoms. The predicted molar refractivity (Wildman–Crippen MR) is 122 cm³/mol. The fourth-order valence-corrected chi connectivity index (χ4v) is 7.09. The van der Waals surface area contributed by atoms with E-state index in [4.69, 9.17) is 0 Å². The van der Waals surface area contributed by atoms with Crippen LogP contribution in [-0.4, -0.2) is 20.4 Å². The maximum Gasteiger partial charge on any atom is 0.135 e. The van der Waals surface area contributed by atoms with E-state index in [1.54, 1.807) is 0 Å². The number of aliphatic hydroxyl groups is 2. The fourth-order valence-electron chi connectivity index (χ4n) is 4.83. The third kappa shape index (κ3) is 4.62. The highest BCUT2D eigenvalue weighted by Crippen LogP contribution is 2.49. The van der Waals surface area contributed by atoms with Crippen LogP contribution in [0.4, 0.5) is 0 Å². The summed E-state index contributed by atoms with van der Waals surface area (Å²) in [6, 6.07) is 7.93. The Labute approximate surface area is 186 Å². The van der Waals surface area contributed by atoms with Crippen LogP contribution in [0.1, 0.15) is 85.5 Å². The van der Waals surface area contributed by atoms with E-state index in [2.05, 4.69) is 0 Å². The van der Waals surface area contributed by atoms with E-state index < -0.39 is 0 Å². The molecule has 2 fully saturated rings. The Morgan fingerprint density at radius 2 is 1.00 bits per heavy atom. The first-order valence-electron chi connectivity index (χ1n) is 10.9. The van der Waals surface area contributed by atoms with Crippen LogP contribution >= 0.6 is 21.6 Å². The van der Waals surface area contributed by atoms with Crippen molar-refractivity contribution in [1.29, 1.82) is 0 Å². The van der Waals surface area contributed by atoms with Gasteiger partial charge in [-0.3, -0.25) is 0 Å². The van der Waals surface area contributed by atoms with E-state index in [1.165, 1.54) is 58.4 Å². The quantitative estimate of drug-likeness (QED) is 0.379. The third-order valence-electron chi connectivity index (χ3n) is 6.57. The molecule has 0 radical (unpaired) electrons. The van der Waals surface area contributed by atoms with Gasteiger partial charge in [-0.2, -0.15) is 0 Å². The molecule has 30 heavy (non-hydrogen) atoms. The Morgan fingerprint density at radius 3 is 1.33 bits per heavy atom. The van der Waals surface area contributed by atoms with Gasteiger partial charge >= 0.3 is 0 Å². The number of aromatic hydroxyl groups is 2. The minimum absolute atomic E-state index is 0.116. The zero-order valence-electron chi connectivity index (χ0n) is 17.1. The highest BCUT2D eigenvalue weighted by molar-refractivity contribution is 8.76. The first kappa shape index (κ1) is 21.9. The van der Waals surface area contributed by atoms with Gasteiger partial charge in [0.05, 0.1) is 23.0 Å². The van der Waals surface area contributed by atoms with Crippen molar-refractivity contribution in [3.05, 3.63) is 46.5 Å². The average Bonchev–Trinajstić information content (AvgIpc) is 3.48. The lowest BCUT2D eigenvalue weighted by Crippen LogP contribution is -1.97. The molecule has 0 aliphatic heterocycles. The topological polar surface area (TPSA) is 80.9 Å². The summed E-state index contributed by atoms with van der Waals surface area (Å²) in [4.78, 5) is 1.43. The predicted octanol–water partition coefficient (Wildman–Crippen LogP) is 6.20. The van der Waals surface area contributed by atoms with Gasteiger partial charge in [-0.1, -0.05) is 25.7 Å². The Morgan fingerprint density at radius 1 is 0.633 bits per heavy atom. The monoisotopic (exact) mass is 446 g/mol. The number of phenols is 2. The second-order valence-corrected chi connectivity index (χ2v) is 10.7. The first-order chi connectivity index (χ1) is 14.6. The average molecular weight is 447 g/mol. The molecule has 0 bridgehead atoms. The minimum atomic E-state index is -0.193. The summed E-state index contributed by atoms with van der Waals surface area (Å²) in [6.45, 7) is -0.386. The Balaban J connectivity index is 1.60. The molecule has 162 valence electrons. The molecular formula is C24H30O4S2. The molecule has 0 amide bonds. The van der Waals surface area contributed by atoms with E-state index in [9.17, 15) is 20.4 Å². The summed E-state index contributed by atoms with van der Waals surface area (Å²) in [6.07, 6.45) is 9.50. The number of rotatable bonds is 7. The number of benzene rings is 2. The minimum Gasteiger partial charge on any atom is -0.506 e. The molecule has 4 nitrogen and oxygen atoms in total. The van der Waals surface area contributed by atoms with Gasteiger partial charge in [0.15, 0.2) is 0 Å².